The highest BCUT2D eigenvalue weighted by Gasteiger charge is 2.05. The average Bonchev–Trinajstić information content (AvgIpc) is 2.58. The van der Waals surface area contributed by atoms with Crippen molar-refractivity contribution in [3.63, 3.8) is 0 Å². The number of aryl methyl sites for hydroxylation is 1. The molecule has 0 aliphatic carbocycles. The first-order chi connectivity index (χ1) is 5.75. The zero-order chi connectivity index (χ0) is 8.55. The van der Waals surface area contributed by atoms with Gasteiger partial charge in [0.25, 0.3) is 0 Å². The molecule has 2 aromatic rings. The predicted octanol–water partition coefficient (Wildman–Crippen LogP) is 3.34. The molecule has 0 N–H and O–H groups in total. The van der Waals surface area contributed by atoms with Crippen LogP contribution in [0.4, 0.5) is 0 Å². The van der Waals surface area contributed by atoms with Crippen LogP contribution in [0.2, 0.25) is 0 Å². The monoisotopic (exact) mass is 260 g/mol. The zero-order valence-corrected chi connectivity index (χ0v) is 9.46. The van der Waals surface area contributed by atoms with E-state index >= 15 is 0 Å². The van der Waals surface area contributed by atoms with E-state index in [9.17, 15) is 0 Å². The Morgan fingerprint density at radius 2 is 1.83 bits per heavy atom. The maximum atomic E-state index is 4.34. The highest BCUT2D eigenvalue weighted by atomic mass is 79.9. The van der Waals surface area contributed by atoms with Crippen LogP contribution in [-0.4, -0.2) is 9.97 Å². The molecule has 2 heterocycles. The summed E-state index contributed by atoms with van der Waals surface area (Å²) >= 11 is 6.54. The summed E-state index contributed by atoms with van der Waals surface area (Å²) in [6, 6.07) is 0. The van der Waals surface area contributed by atoms with Gasteiger partial charge in [-0.05, 0) is 22.9 Å². The Bertz CT molecular complexity index is 355. The number of aromatic nitrogens is 2. The minimum Gasteiger partial charge on any atom is -0.240 e. The van der Waals surface area contributed by atoms with Gasteiger partial charge in [-0.15, -0.1) is 22.7 Å². The fourth-order valence-electron chi connectivity index (χ4n) is 0.851. The van der Waals surface area contributed by atoms with Crippen LogP contribution in [0, 0.1) is 6.92 Å². The molecule has 0 saturated heterocycles. The van der Waals surface area contributed by atoms with Crippen LogP contribution in [-0.2, 0) is 0 Å². The van der Waals surface area contributed by atoms with E-state index in [4.69, 9.17) is 0 Å². The molecule has 2 nitrogen and oxygen atoms in total. The highest BCUT2D eigenvalue weighted by Crippen LogP contribution is 2.25. The summed E-state index contributed by atoms with van der Waals surface area (Å²) < 4.78 is 0.906. The average molecular weight is 261 g/mol. The van der Waals surface area contributed by atoms with Gasteiger partial charge in [0, 0.05) is 10.8 Å². The van der Waals surface area contributed by atoms with Crippen LogP contribution in [0.15, 0.2) is 14.7 Å². The van der Waals surface area contributed by atoms with Gasteiger partial charge in [-0.1, -0.05) is 0 Å². The van der Waals surface area contributed by atoms with Crippen molar-refractivity contribution in [1.82, 2.24) is 9.97 Å². The summed E-state index contributed by atoms with van der Waals surface area (Å²) in [5, 5.41) is 5.10. The normalized spacial score (nSPS) is 10.5. The molecule has 0 amide bonds. The van der Waals surface area contributed by atoms with Crippen LogP contribution in [0.1, 0.15) is 5.01 Å². The standard InChI is InChI=1S/C7H5BrN2S2/c1-4-9-5(2-11-4)6-3-12-7(8)10-6/h2-3H,1H3. The third kappa shape index (κ3) is 1.57. The Morgan fingerprint density at radius 3 is 2.33 bits per heavy atom. The molecule has 0 unspecified atom stereocenters. The molecular formula is C7H5BrN2S2. The van der Waals surface area contributed by atoms with Crippen molar-refractivity contribution in [2.75, 3.05) is 0 Å². The van der Waals surface area contributed by atoms with Gasteiger partial charge < -0.3 is 0 Å². The Hall–Kier alpha value is -0.260. The molecule has 0 radical (unpaired) electrons. The topological polar surface area (TPSA) is 25.8 Å². The van der Waals surface area contributed by atoms with Gasteiger partial charge in [0.05, 0.1) is 5.01 Å². The largest absolute Gasteiger partial charge is 0.240 e. The maximum absolute atomic E-state index is 4.34. The Morgan fingerprint density at radius 1 is 1.17 bits per heavy atom. The quantitative estimate of drug-likeness (QED) is 0.786. The van der Waals surface area contributed by atoms with Crippen molar-refractivity contribution < 1.29 is 0 Å². The first-order valence-electron chi connectivity index (χ1n) is 3.29. The van der Waals surface area contributed by atoms with E-state index in [1.54, 1.807) is 22.7 Å². The summed E-state index contributed by atoms with van der Waals surface area (Å²) in [4.78, 5) is 8.61. The molecule has 0 spiro atoms. The Balaban J connectivity index is 2.43. The molecule has 0 bridgehead atoms. The van der Waals surface area contributed by atoms with Gasteiger partial charge in [-0.25, -0.2) is 9.97 Å². The second kappa shape index (κ2) is 3.24. The lowest BCUT2D eigenvalue weighted by atomic mass is 10.4. The lowest BCUT2D eigenvalue weighted by molar-refractivity contribution is 1.26. The lowest BCUT2D eigenvalue weighted by Crippen LogP contribution is -1.76. The van der Waals surface area contributed by atoms with Gasteiger partial charge >= 0.3 is 0 Å². The molecule has 2 rings (SSSR count). The van der Waals surface area contributed by atoms with Gasteiger partial charge in [-0.2, -0.15) is 0 Å². The van der Waals surface area contributed by atoms with Gasteiger partial charge in [0.1, 0.15) is 11.4 Å². The number of hydrogen-bond acceptors (Lipinski definition) is 4. The van der Waals surface area contributed by atoms with Crippen LogP contribution in [0.5, 0.6) is 0 Å². The van der Waals surface area contributed by atoms with E-state index in [0.717, 1.165) is 20.3 Å². The lowest BCUT2D eigenvalue weighted by Gasteiger charge is -1.84. The molecule has 0 saturated carbocycles. The summed E-state index contributed by atoms with van der Waals surface area (Å²) in [6.07, 6.45) is 0. The van der Waals surface area contributed by atoms with E-state index in [2.05, 4.69) is 25.9 Å². The summed E-state index contributed by atoms with van der Waals surface area (Å²) in [5.74, 6) is 0. The van der Waals surface area contributed by atoms with Crippen molar-refractivity contribution in [2.45, 2.75) is 6.92 Å². The summed E-state index contributed by atoms with van der Waals surface area (Å²) in [6.45, 7) is 2.00. The third-order valence-electron chi connectivity index (χ3n) is 1.36. The van der Waals surface area contributed by atoms with Gasteiger partial charge in [0.2, 0.25) is 0 Å². The molecule has 12 heavy (non-hydrogen) atoms. The highest BCUT2D eigenvalue weighted by molar-refractivity contribution is 9.11. The minimum atomic E-state index is 0.906. The minimum absolute atomic E-state index is 0.906. The van der Waals surface area contributed by atoms with E-state index in [1.165, 1.54) is 0 Å². The first kappa shape index (κ1) is 8.34. The molecule has 0 atom stereocenters. The number of halogens is 1. The van der Waals surface area contributed by atoms with Crippen molar-refractivity contribution in [3.8, 4) is 11.4 Å². The summed E-state index contributed by atoms with van der Waals surface area (Å²) in [7, 11) is 0. The number of hydrogen-bond donors (Lipinski definition) is 0. The molecule has 5 heteroatoms. The third-order valence-corrected chi connectivity index (χ3v) is 3.50. The molecule has 0 aliphatic heterocycles. The smallest absolute Gasteiger partial charge is 0.159 e. The van der Waals surface area contributed by atoms with Gasteiger partial charge in [-0.3, -0.25) is 0 Å². The fraction of sp³-hybridized carbons (Fsp3) is 0.143. The predicted molar refractivity (Wildman–Crippen MR) is 55.7 cm³/mol. The van der Waals surface area contributed by atoms with Crippen molar-refractivity contribution >= 4 is 38.6 Å². The van der Waals surface area contributed by atoms with Crippen molar-refractivity contribution in [3.05, 3.63) is 19.7 Å². The molecular weight excluding hydrogens is 256 g/mol. The first-order valence-corrected chi connectivity index (χ1v) is 5.84. The van der Waals surface area contributed by atoms with Crippen LogP contribution >= 0.6 is 38.6 Å². The van der Waals surface area contributed by atoms with Crippen molar-refractivity contribution in [1.29, 1.82) is 0 Å². The zero-order valence-electron chi connectivity index (χ0n) is 6.24. The van der Waals surface area contributed by atoms with E-state index in [-0.39, 0.29) is 0 Å². The molecule has 0 fully saturated rings. The van der Waals surface area contributed by atoms with E-state index < -0.39 is 0 Å². The van der Waals surface area contributed by atoms with Crippen LogP contribution < -0.4 is 0 Å². The van der Waals surface area contributed by atoms with Gasteiger partial charge in [0.15, 0.2) is 3.92 Å². The summed E-state index contributed by atoms with van der Waals surface area (Å²) in [5.41, 5.74) is 1.93. The molecule has 0 aromatic carbocycles. The second-order valence-corrected chi connectivity index (χ2v) is 5.43. The fourth-order valence-corrected chi connectivity index (χ4v) is 2.46. The molecule has 2 aromatic heterocycles. The van der Waals surface area contributed by atoms with E-state index in [1.807, 2.05) is 17.7 Å². The number of rotatable bonds is 1. The Labute approximate surface area is 86.4 Å². The Kier molecular flexibility index (Phi) is 2.25. The number of thiazole rings is 2. The molecule has 62 valence electrons. The van der Waals surface area contributed by atoms with Crippen LogP contribution in [0.25, 0.3) is 11.4 Å². The number of nitrogens with zero attached hydrogens (tertiary/aromatic N) is 2. The SMILES string of the molecule is Cc1nc(-c2csc(Br)n2)cs1. The van der Waals surface area contributed by atoms with Crippen molar-refractivity contribution in [2.24, 2.45) is 0 Å². The van der Waals surface area contributed by atoms with E-state index in [0.29, 0.717) is 0 Å². The molecule has 0 aliphatic rings. The maximum Gasteiger partial charge on any atom is 0.159 e. The second-order valence-electron chi connectivity index (χ2n) is 2.24. The van der Waals surface area contributed by atoms with Crippen LogP contribution in [0.3, 0.4) is 0 Å².